The number of nitrogens with zero attached hydrogens (tertiary/aromatic N) is 2. The molecule has 0 bridgehead atoms. The van der Waals surface area contributed by atoms with Gasteiger partial charge in [0.2, 0.25) is 0 Å². The minimum Gasteiger partial charge on any atom is -0.311 e. The third-order valence-corrected chi connectivity index (χ3v) is 4.57. The Kier molecular flexibility index (Phi) is 5.87. The van der Waals surface area contributed by atoms with Gasteiger partial charge in [-0.05, 0) is 24.7 Å². The highest BCUT2D eigenvalue weighted by Crippen LogP contribution is 2.26. The first-order valence-electron chi connectivity index (χ1n) is 7.28. The Balaban J connectivity index is 2.70. The smallest absolute Gasteiger partial charge is 0.0863 e. The first kappa shape index (κ1) is 16.5. The zero-order valence-corrected chi connectivity index (χ0v) is 13.9. The van der Waals surface area contributed by atoms with Crippen molar-refractivity contribution in [1.29, 1.82) is 0 Å². The molecular formula is C15H28ClN3. The van der Waals surface area contributed by atoms with Gasteiger partial charge in [-0.15, -0.1) is 0 Å². The van der Waals surface area contributed by atoms with Crippen LogP contribution in [0.4, 0.5) is 0 Å². The van der Waals surface area contributed by atoms with Crippen LogP contribution in [-0.4, -0.2) is 16.3 Å². The molecule has 1 N–H and O–H groups in total. The first-order valence-corrected chi connectivity index (χ1v) is 7.66. The van der Waals surface area contributed by atoms with Crippen molar-refractivity contribution in [3.63, 3.8) is 0 Å². The van der Waals surface area contributed by atoms with E-state index in [0.29, 0.717) is 5.92 Å². The highest BCUT2D eigenvalue weighted by molar-refractivity contribution is 6.31. The SMILES string of the molecule is CCc1nn(CC)c(CNCC(C)(C)C(C)C)c1Cl. The second kappa shape index (κ2) is 6.76. The Hall–Kier alpha value is -0.540. The molecule has 1 aromatic rings. The van der Waals surface area contributed by atoms with E-state index in [1.54, 1.807) is 0 Å². The lowest BCUT2D eigenvalue weighted by Gasteiger charge is -2.29. The van der Waals surface area contributed by atoms with E-state index < -0.39 is 0 Å². The average molecular weight is 286 g/mol. The van der Waals surface area contributed by atoms with Crippen LogP contribution < -0.4 is 5.32 Å². The van der Waals surface area contributed by atoms with E-state index in [0.717, 1.165) is 42.5 Å². The molecule has 19 heavy (non-hydrogen) atoms. The van der Waals surface area contributed by atoms with Gasteiger partial charge in [0.1, 0.15) is 0 Å². The molecule has 110 valence electrons. The summed E-state index contributed by atoms with van der Waals surface area (Å²) < 4.78 is 2.01. The van der Waals surface area contributed by atoms with E-state index in [2.05, 4.69) is 52.0 Å². The number of aryl methyl sites for hydroxylation is 2. The summed E-state index contributed by atoms with van der Waals surface area (Å²) in [4.78, 5) is 0. The van der Waals surface area contributed by atoms with Crippen molar-refractivity contribution in [3.8, 4) is 0 Å². The van der Waals surface area contributed by atoms with Crippen molar-refractivity contribution < 1.29 is 0 Å². The molecule has 0 fully saturated rings. The van der Waals surface area contributed by atoms with E-state index in [-0.39, 0.29) is 5.41 Å². The lowest BCUT2D eigenvalue weighted by Crippen LogP contribution is -2.33. The van der Waals surface area contributed by atoms with Gasteiger partial charge < -0.3 is 5.32 Å². The molecule has 3 nitrogen and oxygen atoms in total. The van der Waals surface area contributed by atoms with Crippen molar-refractivity contribution in [3.05, 3.63) is 16.4 Å². The normalized spacial score (nSPS) is 12.4. The summed E-state index contributed by atoms with van der Waals surface area (Å²) in [6, 6.07) is 0. The van der Waals surface area contributed by atoms with Crippen molar-refractivity contribution in [2.24, 2.45) is 11.3 Å². The van der Waals surface area contributed by atoms with Gasteiger partial charge in [0, 0.05) is 19.6 Å². The van der Waals surface area contributed by atoms with Crippen LogP contribution >= 0.6 is 11.6 Å². The van der Waals surface area contributed by atoms with Crippen LogP contribution in [-0.2, 0) is 19.5 Å². The van der Waals surface area contributed by atoms with Crippen molar-refractivity contribution in [1.82, 2.24) is 15.1 Å². The maximum Gasteiger partial charge on any atom is 0.0863 e. The number of halogens is 1. The molecule has 0 unspecified atom stereocenters. The van der Waals surface area contributed by atoms with Gasteiger partial charge in [-0.1, -0.05) is 46.2 Å². The average Bonchev–Trinajstić information content (AvgIpc) is 2.66. The van der Waals surface area contributed by atoms with Crippen molar-refractivity contribution in [2.75, 3.05) is 6.54 Å². The summed E-state index contributed by atoms with van der Waals surface area (Å²) >= 11 is 6.40. The third kappa shape index (κ3) is 3.96. The number of aromatic nitrogens is 2. The molecule has 1 rings (SSSR count). The minimum absolute atomic E-state index is 0.289. The zero-order valence-electron chi connectivity index (χ0n) is 13.2. The molecule has 1 heterocycles. The topological polar surface area (TPSA) is 29.9 Å². The summed E-state index contributed by atoms with van der Waals surface area (Å²) in [5.74, 6) is 0.651. The van der Waals surface area contributed by atoms with Gasteiger partial charge in [0.25, 0.3) is 0 Å². The van der Waals surface area contributed by atoms with Crippen LogP contribution in [0.1, 0.15) is 52.9 Å². The Morgan fingerprint density at radius 2 is 1.95 bits per heavy atom. The van der Waals surface area contributed by atoms with Crippen LogP contribution in [0.3, 0.4) is 0 Å². The van der Waals surface area contributed by atoms with Crippen LogP contribution in [0.15, 0.2) is 0 Å². The van der Waals surface area contributed by atoms with E-state index >= 15 is 0 Å². The second-order valence-electron chi connectivity index (χ2n) is 6.12. The monoisotopic (exact) mass is 285 g/mol. The molecule has 0 radical (unpaired) electrons. The van der Waals surface area contributed by atoms with E-state index in [4.69, 9.17) is 11.6 Å². The third-order valence-electron chi connectivity index (χ3n) is 4.13. The van der Waals surface area contributed by atoms with Crippen LogP contribution in [0, 0.1) is 11.3 Å². The van der Waals surface area contributed by atoms with Crippen LogP contribution in [0.25, 0.3) is 0 Å². The molecule has 4 heteroatoms. The molecular weight excluding hydrogens is 258 g/mol. The van der Waals surface area contributed by atoms with Crippen molar-refractivity contribution in [2.45, 2.75) is 61.1 Å². The Labute approximate surface area is 122 Å². The van der Waals surface area contributed by atoms with Crippen molar-refractivity contribution >= 4 is 11.6 Å². The Morgan fingerprint density at radius 3 is 2.42 bits per heavy atom. The highest BCUT2D eigenvalue weighted by Gasteiger charge is 2.22. The largest absolute Gasteiger partial charge is 0.311 e. The number of hydrogen-bond acceptors (Lipinski definition) is 2. The predicted octanol–water partition coefficient (Wildman–Crippen LogP) is 3.89. The highest BCUT2D eigenvalue weighted by atomic mass is 35.5. The lowest BCUT2D eigenvalue weighted by atomic mass is 9.81. The Bertz CT molecular complexity index is 408. The fourth-order valence-corrected chi connectivity index (χ4v) is 2.23. The van der Waals surface area contributed by atoms with Gasteiger partial charge in [-0.25, -0.2) is 0 Å². The van der Waals surface area contributed by atoms with Crippen LogP contribution in [0.2, 0.25) is 5.02 Å². The molecule has 0 amide bonds. The van der Waals surface area contributed by atoms with E-state index in [1.165, 1.54) is 0 Å². The summed E-state index contributed by atoms with van der Waals surface area (Å²) in [6.07, 6.45) is 0.885. The van der Waals surface area contributed by atoms with Gasteiger partial charge in [0.05, 0.1) is 16.4 Å². The quantitative estimate of drug-likeness (QED) is 0.824. The fraction of sp³-hybridized carbons (Fsp3) is 0.800. The number of rotatable bonds is 7. The number of nitrogens with one attached hydrogen (secondary N) is 1. The van der Waals surface area contributed by atoms with Gasteiger partial charge in [-0.2, -0.15) is 5.10 Å². The molecule has 0 atom stereocenters. The van der Waals surface area contributed by atoms with E-state index in [1.807, 2.05) is 4.68 Å². The first-order chi connectivity index (χ1) is 8.83. The molecule has 0 aliphatic heterocycles. The van der Waals surface area contributed by atoms with Gasteiger partial charge >= 0.3 is 0 Å². The lowest BCUT2D eigenvalue weighted by molar-refractivity contribution is 0.237. The summed E-state index contributed by atoms with van der Waals surface area (Å²) in [5, 5.41) is 8.91. The summed E-state index contributed by atoms with van der Waals surface area (Å²) in [5.41, 5.74) is 2.40. The molecule has 0 aliphatic carbocycles. The molecule has 0 aliphatic rings. The molecule has 1 aromatic heterocycles. The van der Waals surface area contributed by atoms with Gasteiger partial charge in [-0.3, -0.25) is 4.68 Å². The molecule has 0 aromatic carbocycles. The second-order valence-corrected chi connectivity index (χ2v) is 6.50. The fourth-order valence-electron chi connectivity index (χ4n) is 1.89. The van der Waals surface area contributed by atoms with E-state index in [9.17, 15) is 0 Å². The van der Waals surface area contributed by atoms with Gasteiger partial charge in [0.15, 0.2) is 0 Å². The maximum absolute atomic E-state index is 6.40. The molecule has 0 saturated carbocycles. The minimum atomic E-state index is 0.289. The Morgan fingerprint density at radius 1 is 1.32 bits per heavy atom. The number of hydrogen-bond donors (Lipinski definition) is 1. The predicted molar refractivity (Wildman–Crippen MR) is 82.6 cm³/mol. The summed E-state index contributed by atoms with van der Waals surface area (Å²) in [6.45, 7) is 15.9. The molecule has 0 spiro atoms. The summed E-state index contributed by atoms with van der Waals surface area (Å²) in [7, 11) is 0. The zero-order chi connectivity index (χ0) is 14.6. The molecule has 0 saturated heterocycles. The maximum atomic E-state index is 6.40. The van der Waals surface area contributed by atoms with Crippen LogP contribution in [0.5, 0.6) is 0 Å². The standard InChI is InChI=1S/C15H28ClN3/c1-7-12-14(16)13(19(8-2)18-12)9-17-10-15(5,6)11(3)4/h11,17H,7-10H2,1-6H3.